The average Bonchev–Trinajstić information content (AvgIpc) is 2.90. The van der Waals surface area contributed by atoms with Crippen LogP contribution >= 0.6 is 0 Å². The molecular formula is C13H10N4O2. The first kappa shape index (κ1) is 11.3. The Morgan fingerprint density at radius 1 is 1.16 bits per heavy atom. The van der Waals surface area contributed by atoms with Gasteiger partial charge in [0.2, 0.25) is 5.65 Å². The first-order chi connectivity index (χ1) is 9.34. The van der Waals surface area contributed by atoms with Gasteiger partial charge in [-0.25, -0.2) is 9.78 Å². The van der Waals surface area contributed by atoms with Gasteiger partial charge in [0, 0.05) is 6.20 Å². The Kier molecular flexibility index (Phi) is 2.89. The van der Waals surface area contributed by atoms with Crippen molar-refractivity contribution in [2.75, 3.05) is 0 Å². The SMILES string of the molecule is O=C(OCc1ccccc1)n1nnc2ncccc21. The lowest BCUT2D eigenvalue weighted by molar-refractivity contribution is 0.138. The number of carbonyl (C=O) groups is 1. The first-order valence-electron chi connectivity index (χ1n) is 5.72. The molecule has 0 amide bonds. The summed E-state index contributed by atoms with van der Waals surface area (Å²) >= 11 is 0. The van der Waals surface area contributed by atoms with E-state index in [0.29, 0.717) is 11.2 Å². The molecule has 0 saturated carbocycles. The molecule has 0 saturated heterocycles. The van der Waals surface area contributed by atoms with Crippen LogP contribution in [0.25, 0.3) is 11.2 Å². The molecule has 0 radical (unpaired) electrons. The molecule has 94 valence electrons. The molecule has 19 heavy (non-hydrogen) atoms. The van der Waals surface area contributed by atoms with Crippen LogP contribution < -0.4 is 0 Å². The van der Waals surface area contributed by atoms with Crippen LogP contribution in [-0.4, -0.2) is 26.1 Å². The number of hydrogen-bond acceptors (Lipinski definition) is 5. The van der Waals surface area contributed by atoms with Gasteiger partial charge in [-0.1, -0.05) is 35.5 Å². The van der Waals surface area contributed by atoms with Crippen LogP contribution in [0.5, 0.6) is 0 Å². The van der Waals surface area contributed by atoms with Gasteiger partial charge in [0.15, 0.2) is 0 Å². The number of aromatic nitrogens is 4. The number of nitrogens with zero attached hydrogens (tertiary/aromatic N) is 4. The van der Waals surface area contributed by atoms with Gasteiger partial charge in [-0.15, -0.1) is 9.78 Å². The molecule has 0 N–H and O–H groups in total. The third-order valence-corrected chi connectivity index (χ3v) is 2.60. The van der Waals surface area contributed by atoms with Gasteiger partial charge in [0.1, 0.15) is 12.1 Å². The van der Waals surface area contributed by atoms with Crippen molar-refractivity contribution in [1.29, 1.82) is 0 Å². The highest BCUT2D eigenvalue weighted by Crippen LogP contribution is 2.08. The Morgan fingerprint density at radius 2 is 2.00 bits per heavy atom. The lowest BCUT2D eigenvalue weighted by Gasteiger charge is -2.04. The highest BCUT2D eigenvalue weighted by molar-refractivity contribution is 5.82. The van der Waals surface area contributed by atoms with Crippen molar-refractivity contribution in [1.82, 2.24) is 20.0 Å². The average molecular weight is 254 g/mol. The zero-order valence-corrected chi connectivity index (χ0v) is 9.93. The van der Waals surface area contributed by atoms with Gasteiger partial charge in [-0.2, -0.15) is 0 Å². The van der Waals surface area contributed by atoms with E-state index in [1.807, 2.05) is 30.3 Å². The second-order valence-corrected chi connectivity index (χ2v) is 3.89. The van der Waals surface area contributed by atoms with E-state index >= 15 is 0 Å². The molecule has 0 aliphatic heterocycles. The summed E-state index contributed by atoms with van der Waals surface area (Å²) in [6, 6.07) is 12.9. The molecule has 2 aromatic heterocycles. The van der Waals surface area contributed by atoms with E-state index in [2.05, 4.69) is 15.3 Å². The van der Waals surface area contributed by atoms with Crippen molar-refractivity contribution in [3.05, 3.63) is 54.2 Å². The fourth-order valence-electron chi connectivity index (χ4n) is 1.68. The standard InChI is InChI=1S/C13H10N4O2/c18-13(19-9-10-5-2-1-3-6-10)17-11-7-4-8-14-12(11)15-16-17/h1-8H,9H2. The predicted octanol–water partition coefficient (Wildman–Crippen LogP) is 2.01. The first-order valence-corrected chi connectivity index (χ1v) is 5.72. The molecule has 3 aromatic rings. The molecule has 0 aliphatic rings. The minimum Gasteiger partial charge on any atom is -0.443 e. The second kappa shape index (κ2) is 4.85. The summed E-state index contributed by atoms with van der Waals surface area (Å²) in [7, 11) is 0. The monoisotopic (exact) mass is 254 g/mol. The van der Waals surface area contributed by atoms with Gasteiger partial charge >= 0.3 is 6.09 Å². The fourth-order valence-corrected chi connectivity index (χ4v) is 1.68. The van der Waals surface area contributed by atoms with Crippen LogP contribution in [-0.2, 0) is 11.3 Å². The van der Waals surface area contributed by atoms with Crippen LogP contribution in [0.4, 0.5) is 4.79 Å². The number of benzene rings is 1. The molecule has 2 heterocycles. The molecule has 0 aliphatic carbocycles. The molecule has 0 unspecified atom stereocenters. The van der Waals surface area contributed by atoms with Gasteiger partial charge < -0.3 is 4.74 Å². The van der Waals surface area contributed by atoms with E-state index in [-0.39, 0.29) is 6.61 Å². The normalized spacial score (nSPS) is 10.5. The zero-order chi connectivity index (χ0) is 13.1. The lowest BCUT2D eigenvalue weighted by Crippen LogP contribution is -2.15. The molecule has 6 heteroatoms. The smallest absolute Gasteiger partial charge is 0.437 e. The summed E-state index contributed by atoms with van der Waals surface area (Å²) in [5.41, 5.74) is 1.86. The zero-order valence-electron chi connectivity index (χ0n) is 9.93. The minimum atomic E-state index is -0.570. The maximum absolute atomic E-state index is 11.9. The molecule has 0 bridgehead atoms. The number of rotatable bonds is 2. The summed E-state index contributed by atoms with van der Waals surface area (Å²) in [6.45, 7) is 0.196. The van der Waals surface area contributed by atoms with Crippen LogP contribution in [0.1, 0.15) is 5.56 Å². The van der Waals surface area contributed by atoms with Gasteiger partial charge in [-0.3, -0.25) is 0 Å². The number of hydrogen-bond donors (Lipinski definition) is 0. The van der Waals surface area contributed by atoms with Crippen LogP contribution in [0, 0.1) is 0 Å². The molecule has 0 spiro atoms. The van der Waals surface area contributed by atoms with Crippen molar-refractivity contribution in [2.24, 2.45) is 0 Å². The van der Waals surface area contributed by atoms with Gasteiger partial charge in [0.05, 0.1) is 0 Å². The van der Waals surface area contributed by atoms with Gasteiger partial charge in [-0.05, 0) is 17.7 Å². The number of pyridine rings is 1. The van der Waals surface area contributed by atoms with Gasteiger partial charge in [0.25, 0.3) is 0 Å². The molecule has 3 rings (SSSR count). The largest absolute Gasteiger partial charge is 0.443 e. The summed E-state index contributed by atoms with van der Waals surface area (Å²) in [5.74, 6) is 0. The van der Waals surface area contributed by atoms with Crippen molar-refractivity contribution < 1.29 is 9.53 Å². The lowest BCUT2D eigenvalue weighted by atomic mass is 10.2. The minimum absolute atomic E-state index is 0.196. The van der Waals surface area contributed by atoms with E-state index in [9.17, 15) is 4.79 Å². The summed E-state index contributed by atoms with van der Waals surface area (Å²) < 4.78 is 6.28. The van der Waals surface area contributed by atoms with E-state index in [4.69, 9.17) is 4.74 Å². The van der Waals surface area contributed by atoms with Crippen LogP contribution in [0.15, 0.2) is 48.7 Å². The topological polar surface area (TPSA) is 69.9 Å². The predicted molar refractivity (Wildman–Crippen MR) is 67.3 cm³/mol. The fraction of sp³-hybridized carbons (Fsp3) is 0.0769. The Bertz CT molecular complexity index is 709. The third kappa shape index (κ3) is 2.28. The van der Waals surface area contributed by atoms with Crippen LogP contribution in [0.2, 0.25) is 0 Å². The highest BCUT2D eigenvalue weighted by Gasteiger charge is 2.13. The number of carbonyl (C=O) groups excluding carboxylic acids is 1. The number of fused-ring (bicyclic) bond motifs is 1. The number of ether oxygens (including phenoxy) is 1. The molecule has 0 fully saturated rings. The Balaban J connectivity index is 1.77. The van der Waals surface area contributed by atoms with Crippen molar-refractivity contribution in [2.45, 2.75) is 6.61 Å². The Labute approximate surface area is 108 Å². The van der Waals surface area contributed by atoms with E-state index in [0.717, 1.165) is 10.2 Å². The second-order valence-electron chi connectivity index (χ2n) is 3.89. The maximum Gasteiger partial charge on any atom is 0.437 e. The summed E-state index contributed by atoms with van der Waals surface area (Å²) in [5, 5.41) is 7.53. The van der Waals surface area contributed by atoms with Crippen molar-refractivity contribution in [3.63, 3.8) is 0 Å². The maximum atomic E-state index is 11.9. The molecule has 6 nitrogen and oxygen atoms in total. The Morgan fingerprint density at radius 3 is 2.84 bits per heavy atom. The Hall–Kier alpha value is -2.76. The van der Waals surface area contributed by atoms with Crippen LogP contribution in [0.3, 0.4) is 0 Å². The third-order valence-electron chi connectivity index (χ3n) is 2.60. The highest BCUT2D eigenvalue weighted by atomic mass is 16.6. The van der Waals surface area contributed by atoms with E-state index in [1.54, 1.807) is 18.3 Å². The summed E-state index contributed by atoms with van der Waals surface area (Å²) in [4.78, 5) is 15.9. The van der Waals surface area contributed by atoms with E-state index in [1.165, 1.54) is 0 Å². The quantitative estimate of drug-likeness (QED) is 0.699. The molecular weight excluding hydrogens is 244 g/mol. The van der Waals surface area contributed by atoms with E-state index < -0.39 is 6.09 Å². The summed E-state index contributed by atoms with van der Waals surface area (Å²) in [6.07, 6.45) is 1.02. The van der Waals surface area contributed by atoms with Crippen molar-refractivity contribution in [3.8, 4) is 0 Å². The molecule has 1 aromatic carbocycles. The van der Waals surface area contributed by atoms with Crippen molar-refractivity contribution >= 4 is 17.3 Å². The molecule has 0 atom stereocenters.